The summed E-state index contributed by atoms with van der Waals surface area (Å²) in [6.07, 6.45) is 6.04. The molecular formula is C23H22F2N6OS. The van der Waals surface area contributed by atoms with Crippen LogP contribution in [0.25, 0.3) is 26.9 Å². The number of aliphatic imine (C=N–C) groups is 2. The van der Waals surface area contributed by atoms with Gasteiger partial charge in [0.2, 0.25) is 5.95 Å². The number of hydrazine groups is 1. The molecule has 0 fully saturated rings. The normalized spacial score (nSPS) is 12.5. The van der Waals surface area contributed by atoms with E-state index in [4.69, 9.17) is 11.6 Å². The average Bonchev–Trinajstić information content (AvgIpc) is 3.22. The molecule has 2 aromatic heterocycles. The van der Waals surface area contributed by atoms with Crippen LogP contribution in [0.3, 0.4) is 0 Å². The molecule has 0 radical (unpaired) electrons. The molecule has 0 aliphatic heterocycles. The lowest BCUT2D eigenvalue weighted by atomic mass is 9.99. The number of nitrogens with zero attached hydrogens (tertiary/aromatic N) is 4. The van der Waals surface area contributed by atoms with Gasteiger partial charge in [-0.05, 0) is 29.3 Å². The zero-order valence-electron chi connectivity index (χ0n) is 17.6. The number of nitrogens with two attached hydrogens (primary N) is 2. The first-order valence-corrected chi connectivity index (χ1v) is 10.7. The third kappa shape index (κ3) is 5.73. The highest BCUT2D eigenvalue weighted by Crippen LogP contribution is 2.39. The predicted octanol–water partition coefficient (Wildman–Crippen LogP) is 3.86. The molecule has 0 saturated carbocycles. The number of hydrogen-bond donors (Lipinski definition) is 2. The van der Waals surface area contributed by atoms with E-state index in [-0.39, 0.29) is 18.7 Å². The minimum atomic E-state index is -0.651. The summed E-state index contributed by atoms with van der Waals surface area (Å²) in [5.41, 5.74) is 7.18. The van der Waals surface area contributed by atoms with E-state index in [1.165, 1.54) is 41.0 Å². The van der Waals surface area contributed by atoms with Crippen molar-refractivity contribution >= 4 is 46.3 Å². The quantitative estimate of drug-likeness (QED) is 0.154. The Bertz CT molecular complexity index is 1250. The van der Waals surface area contributed by atoms with Gasteiger partial charge in [0, 0.05) is 41.3 Å². The number of pyridine rings is 1. The van der Waals surface area contributed by atoms with Gasteiger partial charge in [-0.3, -0.25) is 9.98 Å². The Morgan fingerprint density at radius 1 is 1.30 bits per heavy atom. The fourth-order valence-corrected chi connectivity index (χ4v) is 4.39. The van der Waals surface area contributed by atoms with Gasteiger partial charge in [0.1, 0.15) is 12.0 Å². The highest BCUT2D eigenvalue weighted by Gasteiger charge is 2.16. The topological polar surface area (TPSA) is 110 Å². The largest absolute Gasteiger partial charge is 0.403 e. The smallest absolute Gasteiger partial charge is 0.213 e. The number of carbonyl (C=O) groups excluding carboxylic acids is 1. The Labute approximate surface area is 193 Å². The molecule has 0 amide bonds. The fourth-order valence-electron chi connectivity index (χ4n) is 3.19. The molecule has 10 heteroatoms. The van der Waals surface area contributed by atoms with Crippen molar-refractivity contribution in [3.8, 4) is 11.1 Å². The van der Waals surface area contributed by atoms with Crippen molar-refractivity contribution in [3.63, 3.8) is 0 Å². The fraction of sp³-hybridized carbons (Fsp3) is 0.130. The summed E-state index contributed by atoms with van der Waals surface area (Å²) < 4.78 is 29.5. The molecule has 0 saturated heterocycles. The second-order valence-corrected chi connectivity index (χ2v) is 7.89. The van der Waals surface area contributed by atoms with Gasteiger partial charge in [-0.1, -0.05) is 18.2 Å². The Kier molecular flexibility index (Phi) is 8.11. The van der Waals surface area contributed by atoms with Gasteiger partial charge >= 0.3 is 0 Å². The molecular weight excluding hydrogens is 446 g/mol. The predicted molar refractivity (Wildman–Crippen MR) is 130 cm³/mol. The summed E-state index contributed by atoms with van der Waals surface area (Å²) in [5, 5.41) is 2.15. The van der Waals surface area contributed by atoms with Crippen molar-refractivity contribution in [2.45, 2.75) is 6.42 Å². The highest BCUT2D eigenvalue weighted by molar-refractivity contribution is 7.20. The highest BCUT2D eigenvalue weighted by atomic mass is 32.1. The standard InChI is InChI=1S/C23H22F2N6OS/c1-28-22(19(24)14-29-7-9-31(27)8-6-26)20-11-15-3-2-4-17(23(15)33-20)18-12-21(25)30-13-16(18)5-10-32/h2-4,6,8,10-14H,1,5,7,9,26-27H2/b8-6-,22-19+,29-14?. The van der Waals surface area contributed by atoms with E-state index >= 15 is 0 Å². The molecule has 3 aromatic rings. The second kappa shape index (κ2) is 11.2. The lowest BCUT2D eigenvalue weighted by Gasteiger charge is -2.10. The number of thiophene rings is 1. The van der Waals surface area contributed by atoms with Crippen LogP contribution in [0, 0.1) is 5.95 Å². The summed E-state index contributed by atoms with van der Waals surface area (Å²) in [5.74, 6) is 4.34. The van der Waals surface area contributed by atoms with Crippen LogP contribution in [0.4, 0.5) is 8.78 Å². The van der Waals surface area contributed by atoms with Gasteiger partial charge in [-0.25, -0.2) is 15.2 Å². The number of hydrogen-bond acceptors (Lipinski definition) is 8. The summed E-state index contributed by atoms with van der Waals surface area (Å²) >= 11 is 1.29. The number of benzene rings is 1. The van der Waals surface area contributed by atoms with E-state index in [1.54, 1.807) is 6.07 Å². The summed E-state index contributed by atoms with van der Waals surface area (Å²) in [4.78, 5) is 23.1. The van der Waals surface area contributed by atoms with Crippen molar-refractivity contribution in [1.29, 1.82) is 0 Å². The van der Waals surface area contributed by atoms with Crippen molar-refractivity contribution in [1.82, 2.24) is 9.99 Å². The van der Waals surface area contributed by atoms with Gasteiger partial charge in [-0.2, -0.15) is 4.39 Å². The Hall–Kier alpha value is -3.76. The lowest BCUT2D eigenvalue weighted by Crippen LogP contribution is -2.27. The van der Waals surface area contributed by atoms with E-state index in [1.807, 2.05) is 18.2 Å². The summed E-state index contributed by atoms with van der Waals surface area (Å²) in [6, 6.07) is 8.58. The molecule has 0 aliphatic carbocycles. The maximum absolute atomic E-state index is 14.8. The third-order valence-electron chi connectivity index (χ3n) is 4.68. The molecule has 1 aromatic carbocycles. The number of carbonyl (C=O) groups is 1. The number of fused-ring (bicyclic) bond motifs is 1. The molecule has 33 heavy (non-hydrogen) atoms. The molecule has 0 bridgehead atoms. The average molecular weight is 469 g/mol. The molecule has 7 nitrogen and oxygen atoms in total. The van der Waals surface area contributed by atoms with Gasteiger partial charge in [-0.15, -0.1) is 11.3 Å². The van der Waals surface area contributed by atoms with Crippen molar-refractivity contribution < 1.29 is 13.6 Å². The molecule has 0 spiro atoms. The lowest BCUT2D eigenvalue weighted by molar-refractivity contribution is -0.107. The SMILES string of the molecule is C=N/C(=C(/F)C=NCCN(N)/C=C\N)c1cc2cccc(-c3cc(F)ncc3CC=O)c2s1. The van der Waals surface area contributed by atoms with Gasteiger partial charge in [0.05, 0.1) is 24.2 Å². The number of aldehydes is 1. The first kappa shape index (κ1) is 23.9. The van der Waals surface area contributed by atoms with Crippen molar-refractivity contribution in [2.24, 2.45) is 21.6 Å². The van der Waals surface area contributed by atoms with Crippen molar-refractivity contribution in [2.75, 3.05) is 13.1 Å². The van der Waals surface area contributed by atoms with Crippen LogP contribution in [0.2, 0.25) is 0 Å². The van der Waals surface area contributed by atoms with Gasteiger partial charge in [0.15, 0.2) is 5.83 Å². The number of allylic oxidation sites excluding steroid dienone is 1. The Morgan fingerprint density at radius 3 is 2.85 bits per heavy atom. The molecule has 3 rings (SSSR count). The van der Waals surface area contributed by atoms with Crippen molar-refractivity contribution in [3.05, 3.63) is 71.1 Å². The van der Waals surface area contributed by atoms with E-state index in [0.717, 1.165) is 28.2 Å². The molecule has 0 aliphatic rings. The first-order valence-electron chi connectivity index (χ1n) is 9.86. The van der Waals surface area contributed by atoms with Gasteiger partial charge < -0.3 is 15.5 Å². The van der Waals surface area contributed by atoms with E-state index < -0.39 is 11.8 Å². The minimum Gasteiger partial charge on any atom is -0.403 e. The maximum atomic E-state index is 14.8. The second-order valence-electron chi connectivity index (χ2n) is 6.84. The van der Waals surface area contributed by atoms with Crippen LogP contribution in [0.1, 0.15) is 10.4 Å². The zero-order chi connectivity index (χ0) is 23.8. The van der Waals surface area contributed by atoms with E-state index in [0.29, 0.717) is 22.5 Å². The molecule has 0 unspecified atom stereocenters. The number of aromatic nitrogens is 1. The third-order valence-corrected chi connectivity index (χ3v) is 5.87. The zero-order valence-corrected chi connectivity index (χ0v) is 18.4. The Morgan fingerprint density at radius 2 is 2.12 bits per heavy atom. The van der Waals surface area contributed by atoms with E-state index in [2.05, 4.69) is 21.7 Å². The molecule has 4 N–H and O–H groups in total. The molecule has 2 heterocycles. The Balaban J connectivity index is 1.99. The monoisotopic (exact) mass is 468 g/mol. The first-order chi connectivity index (χ1) is 16.0. The van der Waals surface area contributed by atoms with E-state index in [9.17, 15) is 13.6 Å². The molecule has 0 atom stereocenters. The van der Waals surface area contributed by atoms with Crippen LogP contribution < -0.4 is 11.6 Å². The molecule has 170 valence electrons. The van der Waals surface area contributed by atoms with Crippen LogP contribution >= 0.6 is 11.3 Å². The van der Waals surface area contributed by atoms with Crippen LogP contribution in [-0.4, -0.2) is 42.3 Å². The van der Waals surface area contributed by atoms with Crippen LogP contribution in [0.15, 0.2) is 64.7 Å². The summed E-state index contributed by atoms with van der Waals surface area (Å²) in [7, 11) is 0. The van der Waals surface area contributed by atoms with Crippen LogP contribution in [-0.2, 0) is 11.2 Å². The number of halogens is 2. The van der Waals surface area contributed by atoms with Gasteiger partial charge in [0.25, 0.3) is 0 Å². The minimum absolute atomic E-state index is 0.0476. The maximum Gasteiger partial charge on any atom is 0.213 e. The summed E-state index contributed by atoms with van der Waals surface area (Å²) in [6.45, 7) is 4.09. The van der Waals surface area contributed by atoms with Crippen LogP contribution in [0.5, 0.6) is 0 Å². The number of rotatable bonds is 10.